The lowest BCUT2D eigenvalue weighted by atomic mass is 10.2. The number of fused-ring (bicyclic) bond motifs is 1. The van der Waals surface area contributed by atoms with Gasteiger partial charge in [-0.1, -0.05) is 0 Å². The highest BCUT2D eigenvalue weighted by Crippen LogP contribution is 2.29. The summed E-state index contributed by atoms with van der Waals surface area (Å²) in [6, 6.07) is 6.75. The Bertz CT molecular complexity index is 1130. The first kappa shape index (κ1) is 21.8. The van der Waals surface area contributed by atoms with Crippen LogP contribution in [0, 0.1) is 0 Å². The summed E-state index contributed by atoms with van der Waals surface area (Å²) in [5, 5.41) is 5.71. The normalized spacial score (nSPS) is 10.5. The van der Waals surface area contributed by atoms with E-state index in [2.05, 4.69) is 20.6 Å². The molecule has 0 aliphatic rings. The van der Waals surface area contributed by atoms with Gasteiger partial charge in [0.05, 0.1) is 31.4 Å². The van der Waals surface area contributed by atoms with Crippen molar-refractivity contribution in [3.63, 3.8) is 0 Å². The van der Waals surface area contributed by atoms with Crippen molar-refractivity contribution in [1.82, 2.24) is 25.2 Å². The van der Waals surface area contributed by atoms with Crippen LogP contribution in [0.1, 0.15) is 12.0 Å². The number of carbonyl (C=O) groups is 2. The number of amides is 2. The molecule has 0 saturated heterocycles. The third-order valence-corrected chi connectivity index (χ3v) is 4.56. The molecule has 162 valence electrons. The zero-order chi connectivity index (χ0) is 22.2. The van der Waals surface area contributed by atoms with Crippen molar-refractivity contribution < 1.29 is 19.1 Å². The number of nitrogens with zero attached hydrogens (tertiary/aromatic N) is 3. The van der Waals surface area contributed by atoms with Crippen molar-refractivity contribution >= 4 is 22.7 Å². The first-order valence-corrected chi connectivity index (χ1v) is 9.55. The maximum Gasteiger partial charge on any atom is 0.261 e. The Morgan fingerprint density at radius 3 is 2.45 bits per heavy atom. The third-order valence-electron chi connectivity index (χ3n) is 4.56. The van der Waals surface area contributed by atoms with Gasteiger partial charge in [0, 0.05) is 38.0 Å². The van der Waals surface area contributed by atoms with Gasteiger partial charge in [-0.3, -0.25) is 23.9 Å². The van der Waals surface area contributed by atoms with E-state index < -0.39 is 5.91 Å². The van der Waals surface area contributed by atoms with E-state index in [0.717, 1.165) is 5.56 Å². The van der Waals surface area contributed by atoms with Gasteiger partial charge >= 0.3 is 0 Å². The summed E-state index contributed by atoms with van der Waals surface area (Å²) in [5.74, 6) is 0.266. The quantitative estimate of drug-likeness (QED) is 0.515. The van der Waals surface area contributed by atoms with Crippen LogP contribution in [-0.2, 0) is 22.7 Å². The fraction of sp³-hybridized carbons (Fsp3) is 0.286. The number of ether oxygens (including phenoxy) is 2. The van der Waals surface area contributed by atoms with E-state index in [1.54, 1.807) is 18.5 Å². The van der Waals surface area contributed by atoms with Crippen molar-refractivity contribution in [2.75, 3.05) is 20.8 Å². The standard InChI is InChI=1S/C21H23N5O5/c1-30-17-9-15-16(10-18(17)31-2)25-13-26(21(15)29)12-20(28)23-8-5-19(27)24-11-14-3-6-22-7-4-14/h3-4,6-7,9-10,13H,5,8,11-12H2,1-2H3,(H,23,28)(H,24,27). The van der Waals surface area contributed by atoms with E-state index in [1.165, 1.54) is 31.2 Å². The number of pyridine rings is 1. The first-order chi connectivity index (χ1) is 15.0. The SMILES string of the molecule is COc1cc2ncn(CC(=O)NCCC(=O)NCc3ccncc3)c(=O)c2cc1OC. The minimum absolute atomic E-state index is 0.124. The summed E-state index contributed by atoms with van der Waals surface area (Å²) in [6.07, 6.45) is 4.73. The van der Waals surface area contributed by atoms with Crippen LogP contribution in [0.2, 0.25) is 0 Å². The molecule has 3 aromatic rings. The molecule has 0 fully saturated rings. The Kier molecular flexibility index (Phi) is 7.15. The first-order valence-electron chi connectivity index (χ1n) is 9.55. The topological polar surface area (TPSA) is 124 Å². The van der Waals surface area contributed by atoms with E-state index in [-0.39, 0.29) is 31.0 Å². The van der Waals surface area contributed by atoms with Crippen molar-refractivity contribution in [1.29, 1.82) is 0 Å². The van der Waals surface area contributed by atoms with Crippen LogP contribution in [0.4, 0.5) is 0 Å². The number of carbonyl (C=O) groups excluding carboxylic acids is 2. The second-order valence-corrected chi connectivity index (χ2v) is 6.63. The number of hydrogen-bond acceptors (Lipinski definition) is 7. The monoisotopic (exact) mass is 425 g/mol. The molecule has 0 bridgehead atoms. The van der Waals surface area contributed by atoms with Gasteiger partial charge in [0.25, 0.3) is 5.56 Å². The average Bonchev–Trinajstić information content (AvgIpc) is 2.79. The Labute approximate surface area is 178 Å². The Hall–Kier alpha value is -3.95. The van der Waals surface area contributed by atoms with Gasteiger partial charge in [0.1, 0.15) is 6.54 Å². The molecule has 1 aromatic carbocycles. The molecular formula is C21H23N5O5. The van der Waals surface area contributed by atoms with E-state index in [4.69, 9.17) is 9.47 Å². The molecule has 2 amide bonds. The lowest BCUT2D eigenvalue weighted by Gasteiger charge is -2.11. The minimum atomic E-state index is -0.398. The third kappa shape index (κ3) is 5.56. The summed E-state index contributed by atoms with van der Waals surface area (Å²) in [7, 11) is 2.97. The van der Waals surface area contributed by atoms with E-state index >= 15 is 0 Å². The van der Waals surface area contributed by atoms with Gasteiger partial charge < -0.3 is 20.1 Å². The molecule has 0 atom stereocenters. The number of methoxy groups -OCH3 is 2. The van der Waals surface area contributed by atoms with Gasteiger partial charge in [0.15, 0.2) is 11.5 Å². The second kappa shape index (κ2) is 10.2. The van der Waals surface area contributed by atoms with Crippen LogP contribution in [0.3, 0.4) is 0 Å². The van der Waals surface area contributed by atoms with E-state index in [1.807, 2.05) is 12.1 Å². The number of aromatic nitrogens is 3. The van der Waals surface area contributed by atoms with E-state index in [9.17, 15) is 14.4 Å². The molecule has 2 N–H and O–H groups in total. The van der Waals surface area contributed by atoms with E-state index in [0.29, 0.717) is 28.9 Å². The maximum absolute atomic E-state index is 12.7. The highest BCUT2D eigenvalue weighted by Gasteiger charge is 2.13. The van der Waals surface area contributed by atoms with Crippen LogP contribution in [-0.4, -0.2) is 47.1 Å². The number of rotatable bonds is 9. The maximum atomic E-state index is 12.7. The minimum Gasteiger partial charge on any atom is -0.493 e. The summed E-state index contributed by atoms with van der Waals surface area (Å²) >= 11 is 0. The molecule has 0 saturated carbocycles. The molecule has 2 aromatic heterocycles. The van der Waals surface area contributed by atoms with Gasteiger partial charge in [0.2, 0.25) is 11.8 Å². The zero-order valence-electron chi connectivity index (χ0n) is 17.3. The average molecular weight is 425 g/mol. The summed E-state index contributed by atoms with van der Waals surface area (Å²) in [5.41, 5.74) is 0.992. The number of hydrogen-bond donors (Lipinski definition) is 2. The molecule has 10 heteroatoms. The highest BCUT2D eigenvalue weighted by atomic mass is 16.5. The van der Waals surface area contributed by atoms with Crippen molar-refractivity contribution in [3.05, 3.63) is 58.9 Å². The van der Waals surface area contributed by atoms with Crippen molar-refractivity contribution in [2.45, 2.75) is 19.5 Å². The summed E-state index contributed by atoms with van der Waals surface area (Å²) in [4.78, 5) is 45.0. The summed E-state index contributed by atoms with van der Waals surface area (Å²) in [6.45, 7) is 0.332. The van der Waals surface area contributed by atoms with Crippen LogP contribution in [0.5, 0.6) is 11.5 Å². The van der Waals surface area contributed by atoms with Crippen molar-refractivity contribution in [3.8, 4) is 11.5 Å². The molecule has 0 radical (unpaired) electrons. The smallest absolute Gasteiger partial charge is 0.261 e. The zero-order valence-corrected chi connectivity index (χ0v) is 17.3. The van der Waals surface area contributed by atoms with Crippen LogP contribution in [0.25, 0.3) is 10.9 Å². The number of benzene rings is 1. The van der Waals surface area contributed by atoms with Gasteiger partial charge in [-0.25, -0.2) is 4.98 Å². The van der Waals surface area contributed by atoms with Crippen LogP contribution in [0.15, 0.2) is 47.8 Å². The Balaban J connectivity index is 1.54. The lowest BCUT2D eigenvalue weighted by Crippen LogP contribution is -2.35. The molecule has 0 unspecified atom stereocenters. The number of nitrogens with one attached hydrogen (secondary N) is 2. The predicted molar refractivity (Wildman–Crippen MR) is 113 cm³/mol. The molecule has 31 heavy (non-hydrogen) atoms. The fourth-order valence-electron chi connectivity index (χ4n) is 2.91. The summed E-state index contributed by atoms with van der Waals surface area (Å²) < 4.78 is 11.6. The van der Waals surface area contributed by atoms with Gasteiger partial charge in [-0.15, -0.1) is 0 Å². The molecule has 10 nitrogen and oxygen atoms in total. The Morgan fingerprint density at radius 2 is 1.74 bits per heavy atom. The van der Waals surface area contributed by atoms with Crippen LogP contribution < -0.4 is 25.7 Å². The van der Waals surface area contributed by atoms with Crippen LogP contribution >= 0.6 is 0 Å². The van der Waals surface area contributed by atoms with Gasteiger partial charge in [-0.05, 0) is 23.8 Å². The molecule has 0 aliphatic heterocycles. The highest BCUT2D eigenvalue weighted by molar-refractivity contribution is 5.82. The molecule has 0 spiro atoms. The fourth-order valence-corrected chi connectivity index (χ4v) is 2.91. The lowest BCUT2D eigenvalue weighted by molar-refractivity contribution is -0.122. The molecule has 0 aliphatic carbocycles. The largest absolute Gasteiger partial charge is 0.493 e. The molecule has 2 heterocycles. The molecule has 3 rings (SSSR count). The second-order valence-electron chi connectivity index (χ2n) is 6.63. The molecular weight excluding hydrogens is 402 g/mol. The predicted octanol–water partition coefficient (Wildman–Crippen LogP) is 0.631. The Morgan fingerprint density at radius 1 is 1.03 bits per heavy atom. The van der Waals surface area contributed by atoms with Gasteiger partial charge in [-0.2, -0.15) is 0 Å². The van der Waals surface area contributed by atoms with Crippen molar-refractivity contribution in [2.24, 2.45) is 0 Å².